The van der Waals surface area contributed by atoms with Crippen LogP contribution in [0.3, 0.4) is 0 Å². The van der Waals surface area contributed by atoms with Crippen molar-refractivity contribution in [2.75, 3.05) is 4.90 Å². The van der Waals surface area contributed by atoms with Crippen LogP contribution < -0.4 is 10.5 Å². The molecule has 2 aromatic heterocycles. The zero-order chi connectivity index (χ0) is 22.2. The van der Waals surface area contributed by atoms with Gasteiger partial charge in [0.25, 0.3) is 11.5 Å². The Hall–Kier alpha value is -3.80. The SMILES string of the molecule is CC1CCc2cc(F)ccc2N1C(=O)c1cc2cccnc2n(Cc2ccccc2)c1=O. The quantitative estimate of drug-likeness (QED) is 0.481. The van der Waals surface area contributed by atoms with Crippen molar-refractivity contribution < 1.29 is 9.18 Å². The Labute approximate surface area is 184 Å². The maximum Gasteiger partial charge on any atom is 0.265 e. The highest BCUT2D eigenvalue weighted by molar-refractivity contribution is 6.08. The van der Waals surface area contributed by atoms with Gasteiger partial charge in [0.2, 0.25) is 0 Å². The number of nitrogens with zero attached hydrogens (tertiary/aromatic N) is 3. The molecule has 4 aromatic rings. The third-order valence-electron chi connectivity index (χ3n) is 6.05. The molecule has 5 nitrogen and oxygen atoms in total. The number of halogens is 1. The Morgan fingerprint density at radius 3 is 2.72 bits per heavy atom. The monoisotopic (exact) mass is 427 g/mol. The van der Waals surface area contributed by atoms with Crippen LogP contribution in [0.2, 0.25) is 0 Å². The Bertz CT molecular complexity index is 1380. The lowest BCUT2D eigenvalue weighted by Gasteiger charge is -2.35. The van der Waals surface area contributed by atoms with Crippen LogP contribution in [0.5, 0.6) is 0 Å². The van der Waals surface area contributed by atoms with Gasteiger partial charge in [-0.2, -0.15) is 0 Å². The molecule has 0 radical (unpaired) electrons. The first-order chi connectivity index (χ1) is 15.5. The molecule has 0 aliphatic carbocycles. The number of aryl methyl sites for hydroxylation is 1. The van der Waals surface area contributed by atoms with Crippen LogP contribution >= 0.6 is 0 Å². The van der Waals surface area contributed by atoms with Gasteiger partial charge in [-0.05, 0) is 67.3 Å². The molecule has 0 saturated heterocycles. The number of hydrogen-bond donors (Lipinski definition) is 0. The maximum absolute atomic E-state index is 13.8. The lowest BCUT2D eigenvalue weighted by Crippen LogP contribution is -2.44. The number of pyridine rings is 2. The minimum Gasteiger partial charge on any atom is -0.305 e. The lowest BCUT2D eigenvalue weighted by atomic mass is 9.95. The van der Waals surface area contributed by atoms with Crippen molar-refractivity contribution in [2.24, 2.45) is 0 Å². The molecule has 1 aliphatic heterocycles. The molecule has 0 saturated carbocycles. The summed E-state index contributed by atoms with van der Waals surface area (Å²) in [6.45, 7) is 2.26. The second-order valence-electron chi connectivity index (χ2n) is 8.19. The third kappa shape index (κ3) is 3.47. The second kappa shape index (κ2) is 8.04. The summed E-state index contributed by atoms with van der Waals surface area (Å²) in [4.78, 5) is 33.3. The van der Waals surface area contributed by atoms with Gasteiger partial charge in [0.15, 0.2) is 0 Å². The molecule has 5 rings (SSSR count). The molecule has 0 bridgehead atoms. The molecule has 3 heterocycles. The molecule has 6 heteroatoms. The van der Waals surface area contributed by atoms with E-state index in [9.17, 15) is 14.0 Å². The number of aromatic nitrogens is 2. The van der Waals surface area contributed by atoms with Crippen molar-refractivity contribution in [1.82, 2.24) is 9.55 Å². The number of carbonyl (C=O) groups is 1. The van der Waals surface area contributed by atoms with Gasteiger partial charge in [-0.15, -0.1) is 0 Å². The van der Waals surface area contributed by atoms with Crippen LogP contribution in [0.4, 0.5) is 10.1 Å². The molecule has 2 aromatic carbocycles. The Morgan fingerprint density at radius 1 is 1.09 bits per heavy atom. The Morgan fingerprint density at radius 2 is 1.91 bits per heavy atom. The van der Waals surface area contributed by atoms with E-state index in [1.165, 1.54) is 12.1 Å². The van der Waals surface area contributed by atoms with Gasteiger partial charge in [0, 0.05) is 23.3 Å². The van der Waals surface area contributed by atoms with Crippen molar-refractivity contribution in [1.29, 1.82) is 0 Å². The van der Waals surface area contributed by atoms with Crippen molar-refractivity contribution >= 4 is 22.6 Å². The van der Waals surface area contributed by atoms with Gasteiger partial charge in [0.05, 0.1) is 6.54 Å². The number of benzene rings is 2. The van der Waals surface area contributed by atoms with Crippen molar-refractivity contribution in [3.8, 4) is 0 Å². The van der Waals surface area contributed by atoms with Crippen molar-refractivity contribution in [3.05, 3.63) is 106 Å². The first-order valence-corrected chi connectivity index (χ1v) is 10.7. The van der Waals surface area contributed by atoms with Crippen LogP contribution in [0.1, 0.15) is 34.8 Å². The summed E-state index contributed by atoms with van der Waals surface area (Å²) < 4.78 is 15.3. The van der Waals surface area contributed by atoms with Crippen LogP contribution in [0.15, 0.2) is 77.7 Å². The zero-order valence-corrected chi connectivity index (χ0v) is 17.7. The summed E-state index contributed by atoms with van der Waals surface area (Å²) >= 11 is 0. The van der Waals surface area contributed by atoms with E-state index in [4.69, 9.17) is 0 Å². The molecular formula is C26H22FN3O2. The minimum atomic E-state index is -0.383. The fourth-order valence-electron chi connectivity index (χ4n) is 4.43. The standard InChI is InChI=1S/C26H22FN3O2/c1-17-9-10-19-14-21(27)11-12-23(19)30(17)26(32)22-15-20-8-5-13-28-24(20)29(25(22)31)16-18-6-3-2-4-7-18/h2-8,11-15,17H,9-10,16H2,1H3. The number of amides is 1. The lowest BCUT2D eigenvalue weighted by molar-refractivity contribution is 0.0973. The van der Waals surface area contributed by atoms with Crippen molar-refractivity contribution in [3.63, 3.8) is 0 Å². The first-order valence-electron chi connectivity index (χ1n) is 10.7. The predicted octanol–water partition coefficient (Wildman–Crippen LogP) is 4.57. The molecule has 160 valence electrons. The average Bonchev–Trinajstić information content (AvgIpc) is 2.81. The Kier molecular flexibility index (Phi) is 5.05. The van der Waals surface area contributed by atoms with Crippen LogP contribution in [0.25, 0.3) is 11.0 Å². The van der Waals surface area contributed by atoms with E-state index in [1.807, 2.05) is 43.3 Å². The van der Waals surface area contributed by atoms with E-state index >= 15 is 0 Å². The first kappa shape index (κ1) is 20.1. The normalized spacial score (nSPS) is 15.6. The highest BCUT2D eigenvalue weighted by atomic mass is 19.1. The third-order valence-corrected chi connectivity index (χ3v) is 6.05. The fraction of sp³-hybridized carbons (Fsp3) is 0.192. The molecule has 1 atom stereocenters. The predicted molar refractivity (Wildman–Crippen MR) is 123 cm³/mol. The summed E-state index contributed by atoms with van der Waals surface area (Å²) in [6, 6.07) is 19.2. The van der Waals surface area contributed by atoms with E-state index in [-0.39, 0.29) is 28.9 Å². The summed E-state index contributed by atoms with van der Waals surface area (Å²) in [5, 5.41) is 0.718. The number of carbonyl (C=O) groups excluding carboxylic acids is 1. The topological polar surface area (TPSA) is 55.2 Å². The van der Waals surface area contributed by atoms with E-state index in [2.05, 4.69) is 4.98 Å². The zero-order valence-electron chi connectivity index (χ0n) is 17.7. The molecule has 0 spiro atoms. The highest BCUT2D eigenvalue weighted by Crippen LogP contribution is 2.32. The molecule has 1 unspecified atom stereocenters. The maximum atomic E-state index is 13.8. The van der Waals surface area contributed by atoms with Gasteiger partial charge in [-0.1, -0.05) is 30.3 Å². The summed E-state index contributed by atoms with van der Waals surface area (Å²) in [5.74, 6) is -0.699. The van der Waals surface area contributed by atoms with Gasteiger partial charge in [0.1, 0.15) is 17.0 Å². The number of rotatable bonds is 3. The number of anilines is 1. The number of hydrogen-bond acceptors (Lipinski definition) is 3. The van der Waals surface area contributed by atoms with Gasteiger partial charge in [-0.3, -0.25) is 14.2 Å². The minimum absolute atomic E-state index is 0.0884. The smallest absolute Gasteiger partial charge is 0.265 e. The molecular weight excluding hydrogens is 405 g/mol. The summed E-state index contributed by atoms with van der Waals surface area (Å²) in [6.07, 6.45) is 3.04. The van der Waals surface area contributed by atoms with Crippen molar-refractivity contribution in [2.45, 2.75) is 32.4 Å². The van der Waals surface area contributed by atoms with E-state index in [0.29, 0.717) is 30.7 Å². The van der Waals surface area contributed by atoms with Gasteiger partial charge < -0.3 is 4.90 Å². The molecule has 0 N–H and O–H groups in total. The molecule has 0 fully saturated rings. The van der Waals surface area contributed by atoms with Gasteiger partial charge >= 0.3 is 0 Å². The van der Waals surface area contributed by atoms with Crippen LogP contribution in [0, 0.1) is 5.82 Å². The van der Waals surface area contributed by atoms with E-state index in [1.54, 1.807) is 33.9 Å². The molecule has 32 heavy (non-hydrogen) atoms. The fourth-order valence-corrected chi connectivity index (χ4v) is 4.43. The molecule has 1 amide bonds. The number of fused-ring (bicyclic) bond motifs is 2. The summed E-state index contributed by atoms with van der Waals surface area (Å²) in [5.41, 5.74) is 2.63. The van der Waals surface area contributed by atoms with Crippen LogP contribution in [-0.2, 0) is 13.0 Å². The van der Waals surface area contributed by atoms with Gasteiger partial charge in [-0.25, -0.2) is 9.37 Å². The highest BCUT2D eigenvalue weighted by Gasteiger charge is 2.31. The summed E-state index contributed by atoms with van der Waals surface area (Å²) in [7, 11) is 0. The van der Waals surface area contributed by atoms with Crippen LogP contribution in [-0.4, -0.2) is 21.5 Å². The van der Waals surface area contributed by atoms with E-state index < -0.39 is 0 Å². The second-order valence-corrected chi connectivity index (χ2v) is 8.19. The Balaban J connectivity index is 1.66. The largest absolute Gasteiger partial charge is 0.305 e. The molecule has 1 aliphatic rings. The average molecular weight is 427 g/mol. The van der Waals surface area contributed by atoms with E-state index in [0.717, 1.165) is 16.5 Å².